The fraction of sp³-hybridized carbons (Fsp3) is 0.400. The van der Waals surface area contributed by atoms with Crippen molar-refractivity contribution < 1.29 is 9.32 Å². The van der Waals surface area contributed by atoms with E-state index >= 15 is 0 Å². The Morgan fingerprint density at radius 2 is 2.21 bits per heavy atom. The Morgan fingerprint density at radius 1 is 1.43 bits per heavy atom. The summed E-state index contributed by atoms with van der Waals surface area (Å²) in [5.74, 6) is 1.35. The molecule has 4 heteroatoms. The lowest BCUT2D eigenvalue weighted by Crippen LogP contribution is -2.07. The Morgan fingerprint density at radius 3 is 2.86 bits per heavy atom. The molecule has 3 N–H and O–H groups in total. The fourth-order valence-corrected chi connectivity index (χ4v) is 2.33. The van der Waals surface area contributed by atoms with Gasteiger partial charge >= 0.3 is 0 Å². The van der Waals surface area contributed by atoms with Crippen molar-refractivity contribution >= 4 is 10.8 Å². The van der Waals surface area contributed by atoms with E-state index < -0.39 is 10.8 Å². The minimum atomic E-state index is -0.870. The van der Waals surface area contributed by atoms with Gasteiger partial charge < -0.3 is 10.8 Å². The Balaban J connectivity index is 2.47. The smallest absolute Gasteiger partial charge is 0.115 e. The monoisotopic (exact) mass is 213 g/mol. The van der Waals surface area contributed by atoms with E-state index in [1.807, 2.05) is 6.07 Å². The number of rotatable bonds is 5. The van der Waals surface area contributed by atoms with Crippen molar-refractivity contribution in [2.24, 2.45) is 5.73 Å². The van der Waals surface area contributed by atoms with E-state index in [1.165, 1.54) is 0 Å². The predicted molar refractivity (Wildman–Crippen MR) is 58.5 cm³/mol. The van der Waals surface area contributed by atoms with Gasteiger partial charge in [-0.1, -0.05) is 12.1 Å². The molecule has 0 saturated heterocycles. The Bertz CT molecular complexity index is 315. The Hall–Kier alpha value is -0.870. The van der Waals surface area contributed by atoms with Crippen LogP contribution in [-0.2, 0) is 16.6 Å². The van der Waals surface area contributed by atoms with Crippen LogP contribution in [0.4, 0.5) is 0 Å². The molecule has 0 saturated carbocycles. The van der Waals surface area contributed by atoms with Gasteiger partial charge in [-0.15, -0.1) is 0 Å². The van der Waals surface area contributed by atoms with E-state index in [-0.39, 0.29) is 5.75 Å². The highest BCUT2D eigenvalue weighted by atomic mass is 32.2. The first-order valence-electron chi connectivity index (χ1n) is 4.55. The number of phenolic OH excluding ortho intramolecular Hbond substituents is 1. The summed E-state index contributed by atoms with van der Waals surface area (Å²) in [6.45, 7) is 0.575. The van der Waals surface area contributed by atoms with Gasteiger partial charge in [0.15, 0.2) is 0 Å². The fourth-order valence-electron chi connectivity index (χ4n) is 1.15. The topological polar surface area (TPSA) is 63.3 Å². The van der Waals surface area contributed by atoms with Crippen molar-refractivity contribution in [1.29, 1.82) is 0 Å². The van der Waals surface area contributed by atoms with Crippen LogP contribution >= 0.6 is 0 Å². The van der Waals surface area contributed by atoms with Crippen LogP contribution in [0.5, 0.6) is 5.75 Å². The number of benzene rings is 1. The van der Waals surface area contributed by atoms with Gasteiger partial charge in [-0.3, -0.25) is 4.21 Å². The highest BCUT2D eigenvalue weighted by Crippen LogP contribution is 2.12. The summed E-state index contributed by atoms with van der Waals surface area (Å²) in [6, 6.07) is 6.86. The molecule has 0 aliphatic heterocycles. The second-order valence-electron chi connectivity index (χ2n) is 3.10. The highest BCUT2D eigenvalue weighted by molar-refractivity contribution is 7.84. The van der Waals surface area contributed by atoms with E-state index in [1.54, 1.807) is 18.2 Å². The maximum absolute atomic E-state index is 11.5. The largest absolute Gasteiger partial charge is 0.508 e. The van der Waals surface area contributed by atoms with Gasteiger partial charge in [-0.05, 0) is 30.7 Å². The first kappa shape index (κ1) is 11.2. The third-order valence-corrected chi connectivity index (χ3v) is 3.21. The lowest BCUT2D eigenvalue weighted by molar-refractivity contribution is 0.475. The highest BCUT2D eigenvalue weighted by Gasteiger charge is 2.01. The quantitative estimate of drug-likeness (QED) is 0.766. The zero-order chi connectivity index (χ0) is 10.4. The van der Waals surface area contributed by atoms with E-state index in [2.05, 4.69) is 0 Å². The first-order valence-corrected chi connectivity index (χ1v) is 6.04. The summed E-state index contributed by atoms with van der Waals surface area (Å²) in [4.78, 5) is 0. The van der Waals surface area contributed by atoms with Crippen molar-refractivity contribution in [2.75, 3.05) is 12.3 Å². The molecule has 1 aromatic rings. The van der Waals surface area contributed by atoms with Crippen molar-refractivity contribution in [3.05, 3.63) is 29.8 Å². The van der Waals surface area contributed by atoms with Crippen LogP contribution in [0.1, 0.15) is 12.0 Å². The second-order valence-corrected chi connectivity index (χ2v) is 4.68. The number of aromatic hydroxyl groups is 1. The molecule has 0 amide bonds. The minimum absolute atomic E-state index is 0.221. The summed E-state index contributed by atoms with van der Waals surface area (Å²) in [5.41, 5.74) is 6.22. The van der Waals surface area contributed by atoms with Crippen molar-refractivity contribution in [3.63, 3.8) is 0 Å². The van der Waals surface area contributed by atoms with Crippen molar-refractivity contribution in [2.45, 2.75) is 12.2 Å². The minimum Gasteiger partial charge on any atom is -0.508 e. The average molecular weight is 213 g/mol. The SMILES string of the molecule is NCCCS(=O)Cc1cccc(O)c1. The lowest BCUT2D eigenvalue weighted by atomic mass is 10.2. The molecule has 0 heterocycles. The summed E-state index contributed by atoms with van der Waals surface area (Å²) < 4.78 is 11.5. The summed E-state index contributed by atoms with van der Waals surface area (Å²) in [7, 11) is -0.870. The molecule has 1 unspecified atom stereocenters. The van der Waals surface area contributed by atoms with Crippen LogP contribution < -0.4 is 5.73 Å². The van der Waals surface area contributed by atoms with E-state index in [0.29, 0.717) is 18.1 Å². The number of hydrogen-bond donors (Lipinski definition) is 2. The second kappa shape index (κ2) is 5.78. The lowest BCUT2D eigenvalue weighted by Gasteiger charge is -2.02. The molecular formula is C10H15NO2S. The van der Waals surface area contributed by atoms with Crippen LogP contribution in [0.3, 0.4) is 0 Å². The maximum atomic E-state index is 11.5. The summed E-state index contributed by atoms with van der Waals surface area (Å²) >= 11 is 0. The Kier molecular flexibility index (Phi) is 4.62. The van der Waals surface area contributed by atoms with Crippen molar-refractivity contribution in [1.82, 2.24) is 0 Å². The maximum Gasteiger partial charge on any atom is 0.115 e. The number of nitrogens with two attached hydrogens (primary N) is 1. The molecule has 0 spiro atoms. The molecule has 14 heavy (non-hydrogen) atoms. The third-order valence-electron chi connectivity index (χ3n) is 1.81. The zero-order valence-electron chi connectivity index (χ0n) is 7.98. The van der Waals surface area contributed by atoms with Gasteiger partial charge in [0.1, 0.15) is 5.75 Å². The average Bonchev–Trinajstić information content (AvgIpc) is 2.15. The normalized spacial score (nSPS) is 12.6. The van der Waals surface area contributed by atoms with Crippen LogP contribution in [0.25, 0.3) is 0 Å². The van der Waals surface area contributed by atoms with Gasteiger partial charge in [-0.2, -0.15) is 0 Å². The summed E-state index contributed by atoms with van der Waals surface area (Å²) in [6.07, 6.45) is 0.783. The van der Waals surface area contributed by atoms with Gasteiger partial charge in [0, 0.05) is 22.3 Å². The molecule has 0 radical (unpaired) electrons. The number of phenols is 1. The molecule has 0 aliphatic rings. The van der Waals surface area contributed by atoms with Crippen molar-refractivity contribution in [3.8, 4) is 5.75 Å². The molecule has 1 aromatic carbocycles. The van der Waals surface area contributed by atoms with E-state index in [4.69, 9.17) is 5.73 Å². The molecule has 1 rings (SSSR count). The Labute approximate surface area is 86.4 Å². The van der Waals surface area contributed by atoms with Gasteiger partial charge in [0.2, 0.25) is 0 Å². The van der Waals surface area contributed by atoms with Crippen LogP contribution in [-0.4, -0.2) is 21.6 Å². The molecule has 0 fully saturated rings. The molecule has 0 bridgehead atoms. The van der Waals surface area contributed by atoms with Crippen LogP contribution in [0.15, 0.2) is 24.3 Å². The molecule has 0 aliphatic carbocycles. The first-order chi connectivity index (χ1) is 6.72. The number of hydrogen-bond acceptors (Lipinski definition) is 3. The molecule has 78 valence electrons. The zero-order valence-corrected chi connectivity index (χ0v) is 8.80. The summed E-state index contributed by atoms with van der Waals surface area (Å²) in [5, 5.41) is 9.18. The van der Waals surface area contributed by atoms with Gasteiger partial charge in [0.05, 0.1) is 0 Å². The molecule has 0 aromatic heterocycles. The molecular weight excluding hydrogens is 198 g/mol. The standard InChI is InChI=1S/C10H15NO2S/c11-5-2-6-14(13)8-9-3-1-4-10(12)7-9/h1,3-4,7,12H,2,5-6,8,11H2. The van der Waals surface area contributed by atoms with Gasteiger partial charge in [0.25, 0.3) is 0 Å². The van der Waals surface area contributed by atoms with E-state index in [9.17, 15) is 9.32 Å². The predicted octanol–water partition coefficient (Wildman–Crippen LogP) is 0.990. The third kappa shape index (κ3) is 3.89. The van der Waals surface area contributed by atoms with Crippen LogP contribution in [0, 0.1) is 0 Å². The molecule has 1 atom stereocenters. The van der Waals surface area contributed by atoms with Gasteiger partial charge in [-0.25, -0.2) is 0 Å². The van der Waals surface area contributed by atoms with Crippen LogP contribution in [0.2, 0.25) is 0 Å². The molecule has 3 nitrogen and oxygen atoms in total. The van der Waals surface area contributed by atoms with E-state index in [0.717, 1.165) is 12.0 Å².